The number of allylic oxidation sites excluding steroid dienone is 1. The van der Waals surface area contributed by atoms with Crippen molar-refractivity contribution in [2.24, 2.45) is 0 Å². The third-order valence-corrected chi connectivity index (χ3v) is 4.12. The lowest BCUT2D eigenvalue weighted by molar-refractivity contribution is 0.626. The Morgan fingerprint density at radius 1 is 1.05 bits per heavy atom. The Hall–Kier alpha value is -2.19. The Balaban J connectivity index is 0.00000144. The van der Waals surface area contributed by atoms with Gasteiger partial charge in [-0.2, -0.15) is 0 Å². The molecule has 4 rings (SSSR count). The summed E-state index contributed by atoms with van der Waals surface area (Å²) in [6, 6.07) is 13.4. The molecular formula is C19H15ClFN. The van der Waals surface area contributed by atoms with Gasteiger partial charge in [0.1, 0.15) is 5.82 Å². The molecule has 0 N–H and O–H groups in total. The molecule has 2 aromatic carbocycles. The van der Waals surface area contributed by atoms with Crippen LogP contribution < -0.4 is 0 Å². The molecule has 0 unspecified atom stereocenters. The molecule has 1 heterocycles. The van der Waals surface area contributed by atoms with Crippen LogP contribution in [0.1, 0.15) is 23.1 Å². The van der Waals surface area contributed by atoms with Crippen LogP contribution in [0, 0.1) is 5.82 Å². The molecule has 1 nitrogen and oxygen atoms in total. The van der Waals surface area contributed by atoms with Gasteiger partial charge in [0.25, 0.3) is 0 Å². The maximum atomic E-state index is 13.3. The molecule has 0 spiro atoms. The number of halogens is 2. The number of benzene rings is 2. The minimum atomic E-state index is -0.147. The lowest BCUT2D eigenvalue weighted by atomic mass is 10.0. The number of fused-ring (bicyclic) bond motifs is 2. The molecule has 0 radical (unpaired) electrons. The molecule has 1 aromatic heterocycles. The fourth-order valence-corrected chi connectivity index (χ4v) is 3.10. The Bertz CT molecular complexity index is 865. The maximum Gasteiger partial charge on any atom is 0.123 e. The van der Waals surface area contributed by atoms with E-state index in [1.807, 2.05) is 24.5 Å². The number of rotatable bonds is 1. The van der Waals surface area contributed by atoms with Crippen LogP contribution >= 0.6 is 12.4 Å². The second-order valence-corrected chi connectivity index (χ2v) is 5.42. The second-order valence-electron chi connectivity index (χ2n) is 5.42. The van der Waals surface area contributed by atoms with E-state index in [4.69, 9.17) is 0 Å². The number of pyridine rings is 1. The summed E-state index contributed by atoms with van der Waals surface area (Å²) in [6.45, 7) is 0. The monoisotopic (exact) mass is 311 g/mol. The van der Waals surface area contributed by atoms with Crippen molar-refractivity contribution < 1.29 is 4.39 Å². The largest absolute Gasteiger partial charge is 0.264 e. The highest BCUT2D eigenvalue weighted by molar-refractivity contribution is 5.96. The van der Waals surface area contributed by atoms with Gasteiger partial charge in [-0.25, -0.2) is 4.39 Å². The van der Waals surface area contributed by atoms with Crippen molar-refractivity contribution >= 4 is 34.8 Å². The molecule has 3 heteroatoms. The summed E-state index contributed by atoms with van der Waals surface area (Å²) in [5, 5.41) is 2.35. The lowest BCUT2D eigenvalue weighted by Crippen LogP contribution is -1.84. The van der Waals surface area contributed by atoms with Crippen LogP contribution in [-0.4, -0.2) is 4.98 Å². The van der Waals surface area contributed by atoms with Gasteiger partial charge in [0, 0.05) is 17.8 Å². The Kier molecular flexibility index (Phi) is 3.95. The van der Waals surface area contributed by atoms with Gasteiger partial charge in [-0.3, -0.25) is 4.98 Å². The van der Waals surface area contributed by atoms with Gasteiger partial charge in [0.15, 0.2) is 0 Å². The summed E-state index contributed by atoms with van der Waals surface area (Å²) < 4.78 is 13.3. The van der Waals surface area contributed by atoms with Crippen molar-refractivity contribution in [1.82, 2.24) is 4.98 Å². The molecule has 1 aliphatic carbocycles. The van der Waals surface area contributed by atoms with Crippen molar-refractivity contribution in [2.45, 2.75) is 12.8 Å². The van der Waals surface area contributed by atoms with Crippen LogP contribution in [0.25, 0.3) is 22.4 Å². The zero-order chi connectivity index (χ0) is 14.2. The average Bonchev–Trinajstić information content (AvgIpc) is 2.90. The number of aryl methyl sites for hydroxylation is 1. The minimum Gasteiger partial charge on any atom is -0.264 e. The average molecular weight is 312 g/mol. The van der Waals surface area contributed by atoms with Crippen molar-refractivity contribution in [3.8, 4) is 0 Å². The van der Waals surface area contributed by atoms with Gasteiger partial charge in [0.05, 0.1) is 0 Å². The second kappa shape index (κ2) is 5.90. The molecule has 0 bridgehead atoms. The van der Waals surface area contributed by atoms with Crippen LogP contribution in [0.2, 0.25) is 0 Å². The highest BCUT2D eigenvalue weighted by Crippen LogP contribution is 2.35. The molecule has 0 amide bonds. The van der Waals surface area contributed by atoms with Crippen molar-refractivity contribution in [3.63, 3.8) is 0 Å². The molecule has 1 aliphatic rings. The summed E-state index contributed by atoms with van der Waals surface area (Å²) in [6.07, 6.45) is 7.83. The molecule has 0 saturated carbocycles. The fourth-order valence-electron chi connectivity index (χ4n) is 3.10. The van der Waals surface area contributed by atoms with Crippen molar-refractivity contribution in [3.05, 3.63) is 77.4 Å². The number of hydrogen-bond donors (Lipinski definition) is 0. The summed E-state index contributed by atoms with van der Waals surface area (Å²) >= 11 is 0. The van der Waals surface area contributed by atoms with Crippen LogP contribution in [0.4, 0.5) is 4.39 Å². The van der Waals surface area contributed by atoms with E-state index in [9.17, 15) is 4.39 Å². The first-order valence-electron chi connectivity index (χ1n) is 7.13. The fraction of sp³-hybridized carbons (Fsp3) is 0.105. The molecule has 110 valence electrons. The van der Waals surface area contributed by atoms with E-state index >= 15 is 0 Å². The topological polar surface area (TPSA) is 12.9 Å². The highest BCUT2D eigenvalue weighted by Gasteiger charge is 2.16. The molecule has 0 saturated heterocycles. The Morgan fingerprint density at radius 2 is 1.95 bits per heavy atom. The molecule has 0 atom stereocenters. The van der Waals surface area contributed by atoms with E-state index < -0.39 is 0 Å². The van der Waals surface area contributed by atoms with Gasteiger partial charge < -0.3 is 0 Å². The normalized spacial score (nSPS) is 14.9. The first-order valence-corrected chi connectivity index (χ1v) is 7.13. The third-order valence-electron chi connectivity index (χ3n) is 4.12. The van der Waals surface area contributed by atoms with E-state index in [1.165, 1.54) is 22.1 Å². The predicted molar refractivity (Wildman–Crippen MR) is 91.6 cm³/mol. The number of nitrogens with zero attached hydrogens (tertiary/aromatic N) is 1. The van der Waals surface area contributed by atoms with E-state index in [0.29, 0.717) is 0 Å². The zero-order valence-corrected chi connectivity index (χ0v) is 12.7. The van der Waals surface area contributed by atoms with Gasteiger partial charge in [0.2, 0.25) is 0 Å². The van der Waals surface area contributed by atoms with E-state index in [-0.39, 0.29) is 18.2 Å². The van der Waals surface area contributed by atoms with E-state index in [2.05, 4.69) is 29.3 Å². The predicted octanol–water partition coefficient (Wildman–Crippen LogP) is 5.28. The van der Waals surface area contributed by atoms with Crippen LogP contribution in [0.3, 0.4) is 0 Å². The maximum absolute atomic E-state index is 13.3. The van der Waals surface area contributed by atoms with Gasteiger partial charge in [-0.1, -0.05) is 30.3 Å². The lowest BCUT2D eigenvalue weighted by Gasteiger charge is -2.05. The first-order chi connectivity index (χ1) is 10.3. The molecule has 0 fully saturated rings. The van der Waals surface area contributed by atoms with Gasteiger partial charge in [-0.05, 0) is 58.7 Å². The summed E-state index contributed by atoms with van der Waals surface area (Å²) in [5.74, 6) is -0.147. The van der Waals surface area contributed by atoms with Crippen LogP contribution in [0.15, 0.2) is 54.9 Å². The van der Waals surface area contributed by atoms with E-state index in [1.54, 1.807) is 12.1 Å². The van der Waals surface area contributed by atoms with Gasteiger partial charge >= 0.3 is 0 Å². The standard InChI is InChI=1S/C19H14FN.ClH/c20-17-6-7-18-14(4-5-15(18)11-17)10-13-2-1-3-16-12-21-9-8-19(13)16;/h1-3,6-12H,4-5H2;1H/b14-10-;. The van der Waals surface area contributed by atoms with Crippen molar-refractivity contribution in [1.29, 1.82) is 0 Å². The Morgan fingerprint density at radius 3 is 2.86 bits per heavy atom. The first kappa shape index (κ1) is 14.7. The number of hydrogen-bond acceptors (Lipinski definition) is 1. The quantitative estimate of drug-likeness (QED) is 0.595. The van der Waals surface area contributed by atoms with Crippen molar-refractivity contribution in [2.75, 3.05) is 0 Å². The smallest absolute Gasteiger partial charge is 0.123 e. The minimum absolute atomic E-state index is 0. The molecular weight excluding hydrogens is 297 g/mol. The van der Waals surface area contributed by atoms with Gasteiger partial charge in [-0.15, -0.1) is 12.4 Å². The third kappa shape index (κ3) is 2.51. The summed E-state index contributed by atoms with van der Waals surface area (Å²) in [5.41, 5.74) is 4.78. The molecule has 0 aliphatic heterocycles. The highest BCUT2D eigenvalue weighted by atomic mass is 35.5. The summed E-state index contributed by atoms with van der Waals surface area (Å²) in [7, 11) is 0. The number of aromatic nitrogens is 1. The van der Waals surface area contributed by atoms with E-state index in [0.717, 1.165) is 23.8 Å². The van der Waals surface area contributed by atoms with Crippen LogP contribution in [0.5, 0.6) is 0 Å². The molecule has 22 heavy (non-hydrogen) atoms. The SMILES string of the molecule is Cl.Fc1ccc2c(c1)CC/C2=C/c1cccc2cnccc12. The summed E-state index contributed by atoms with van der Waals surface area (Å²) in [4.78, 5) is 4.17. The zero-order valence-electron chi connectivity index (χ0n) is 11.9. The molecule has 3 aromatic rings. The Labute approximate surface area is 134 Å². The van der Waals surface area contributed by atoms with Crippen LogP contribution in [-0.2, 0) is 6.42 Å².